The molecule has 2 fully saturated rings. The first-order valence-electron chi connectivity index (χ1n) is 10.4. The van der Waals surface area contributed by atoms with Gasteiger partial charge in [0.15, 0.2) is 0 Å². The Morgan fingerprint density at radius 1 is 0.821 bits per heavy atom. The Kier molecular flexibility index (Phi) is 6.07. The second-order valence-corrected chi connectivity index (χ2v) is 7.73. The molecule has 2 aromatic carbocycles. The Bertz CT molecular complexity index is 786. The number of rotatable bonds is 5. The number of likely N-dealkylation sites (tertiary alicyclic amines) is 1. The standard InChI is InChI=1S/C24H29N3O/c28-24(23-10-8-22(9-11-23)20-26-13-4-5-14-26)27-18-16-25(17-19-27)15-12-21-6-2-1-3-7-21/h1-3,6-12,15H,4-5,13-14,16-20H2/b15-12+. The molecule has 2 aliphatic rings. The van der Waals surface area contributed by atoms with Gasteiger partial charge in [0.1, 0.15) is 0 Å². The number of hydrogen-bond acceptors (Lipinski definition) is 3. The average molecular weight is 376 g/mol. The van der Waals surface area contributed by atoms with Crippen molar-refractivity contribution in [3.8, 4) is 0 Å². The van der Waals surface area contributed by atoms with Crippen molar-refractivity contribution >= 4 is 12.0 Å². The van der Waals surface area contributed by atoms with E-state index in [0.717, 1.165) is 38.3 Å². The molecule has 0 bridgehead atoms. The highest BCUT2D eigenvalue weighted by atomic mass is 16.2. The lowest BCUT2D eigenvalue weighted by Gasteiger charge is -2.34. The van der Waals surface area contributed by atoms with Gasteiger partial charge in [-0.1, -0.05) is 42.5 Å². The molecule has 4 rings (SSSR count). The third-order valence-corrected chi connectivity index (χ3v) is 5.68. The topological polar surface area (TPSA) is 26.8 Å². The number of carbonyl (C=O) groups excluding carboxylic acids is 1. The fourth-order valence-electron chi connectivity index (χ4n) is 3.96. The van der Waals surface area contributed by atoms with E-state index in [1.807, 2.05) is 35.2 Å². The van der Waals surface area contributed by atoms with Crippen molar-refractivity contribution in [1.82, 2.24) is 14.7 Å². The molecule has 2 heterocycles. The summed E-state index contributed by atoms with van der Waals surface area (Å²) in [4.78, 5) is 19.6. The smallest absolute Gasteiger partial charge is 0.253 e. The van der Waals surface area contributed by atoms with Gasteiger partial charge in [-0.2, -0.15) is 0 Å². The monoisotopic (exact) mass is 375 g/mol. The van der Waals surface area contributed by atoms with Crippen LogP contribution < -0.4 is 0 Å². The lowest BCUT2D eigenvalue weighted by molar-refractivity contribution is 0.0680. The van der Waals surface area contributed by atoms with E-state index in [1.165, 1.54) is 37.1 Å². The highest BCUT2D eigenvalue weighted by Gasteiger charge is 2.21. The highest BCUT2D eigenvalue weighted by molar-refractivity contribution is 5.94. The summed E-state index contributed by atoms with van der Waals surface area (Å²) in [5, 5.41) is 0. The molecular weight excluding hydrogens is 346 g/mol. The fraction of sp³-hybridized carbons (Fsp3) is 0.375. The summed E-state index contributed by atoms with van der Waals surface area (Å²) in [5.74, 6) is 0.152. The van der Waals surface area contributed by atoms with E-state index in [1.54, 1.807) is 0 Å². The summed E-state index contributed by atoms with van der Waals surface area (Å²) in [7, 11) is 0. The van der Waals surface area contributed by atoms with Gasteiger partial charge in [0, 0.05) is 38.3 Å². The highest BCUT2D eigenvalue weighted by Crippen LogP contribution is 2.15. The molecule has 0 spiro atoms. The molecule has 0 atom stereocenters. The van der Waals surface area contributed by atoms with E-state index >= 15 is 0 Å². The van der Waals surface area contributed by atoms with Crippen LogP contribution in [0.4, 0.5) is 0 Å². The van der Waals surface area contributed by atoms with Crippen molar-refractivity contribution in [2.75, 3.05) is 39.3 Å². The molecule has 2 aliphatic heterocycles. The van der Waals surface area contributed by atoms with Crippen LogP contribution in [0, 0.1) is 0 Å². The number of amides is 1. The molecule has 4 heteroatoms. The maximum Gasteiger partial charge on any atom is 0.253 e. The van der Waals surface area contributed by atoms with Gasteiger partial charge in [0.05, 0.1) is 0 Å². The summed E-state index contributed by atoms with van der Waals surface area (Å²) in [6, 6.07) is 18.5. The van der Waals surface area contributed by atoms with Crippen LogP contribution in [0.15, 0.2) is 60.8 Å². The summed E-state index contributed by atoms with van der Waals surface area (Å²) in [5.41, 5.74) is 3.31. The molecule has 28 heavy (non-hydrogen) atoms. The Hall–Kier alpha value is -2.59. The van der Waals surface area contributed by atoms with Crippen LogP contribution in [0.1, 0.15) is 34.3 Å². The van der Waals surface area contributed by atoms with Gasteiger partial charge in [-0.15, -0.1) is 0 Å². The average Bonchev–Trinajstić information content (AvgIpc) is 3.26. The first-order chi connectivity index (χ1) is 13.8. The van der Waals surface area contributed by atoms with Gasteiger partial charge in [-0.25, -0.2) is 0 Å². The Morgan fingerprint density at radius 3 is 2.18 bits per heavy atom. The molecule has 0 radical (unpaired) electrons. The van der Waals surface area contributed by atoms with Crippen LogP contribution in [0.5, 0.6) is 0 Å². The van der Waals surface area contributed by atoms with Gasteiger partial charge in [0.25, 0.3) is 5.91 Å². The molecule has 0 unspecified atom stereocenters. The molecule has 4 nitrogen and oxygen atoms in total. The lowest BCUT2D eigenvalue weighted by Crippen LogP contribution is -2.46. The van der Waals surface area contributed by atoms with E-state index in [0.29, 0.717) is 0 Å². The summed E-state index contributed by atoms with van der Waals surface area (Å²) in [6.07, 6.45) is 6.90. The minimum Gasteiger partial charge on any atom is -0.374 e. The van der Waals surface area contributed by atoms with E-state index in [2.05, 4.69) is 46.3 Å². The second-order valence-electron chi connectivity index (χ2n) is 7.73. The molecule has 0 saturated carbocycles. The van der Waals surface area contributed by atoms with E-state index < -0.39 is 0 Å². The predicted octanol–water partition coefficient (Wildman–Crippen LogP) is 3.71. The van der Waals surface area contributed by atoms with Crippen LogP contribution in [0.25, 0.3) is 6.08 Å². The first-order valence-corrected chi connectivity index (χ1v) is 10.4. The summed E-state index contributed by atoms with van der Waals surface area (Å²) < 4.78 is 0. The Balaban J connectivity index is 1.28. The quantitative estimate of drug-likeness (QED) is 0.797. The molecule has 0 N–H and O–H groups in total. The van der Waals surface area contributed by atoms with Crippen molar-refractivity contribution in [1.29, 1.82) is 0 Å². The minimum absolute atomic E-state index is 0.152. The Labute approximate surface area is 168 Å². The van der Waals surface area contributed by atoms with Gasteiger partial charge >= 0.3 is 0 Å². The molecule has 146 valence electrons. The Morgan fingerprint density at radius 2 is 1.50 bits per heavy atom. The normalized spacial score (nSPS) is 18.1. The number of nitrogens with zero attached hydrogens (tertiary/aromatic N) is 3. The lowest BCUT2D eigenvalue weighted by atomic mass is 10.1. The second kappa shape index (κ2) is 9.07. The zero-order valence-electron chi connectivity index (χ0n) is 16.5. The van der Waals surface area contributed by atoms with Crippen molar-refractivity contribution in [2.45, 2.75) is 19.4 Å². The van der Waals surface area contributed by atoms with Gasteiger partial charge in [0.2, 0.25) is 0 Å². The van der Waals surface area contributed by atoms with Crippen LogP contribution in [0.2, 0.25) is 0 Å². The van der Waals surface area contributed by atoms with Crippen LogP contribution in [-0.4, -0.2) is 59.9 Å². The van der Waals surface area contributed by atoms with Crippen LogP contribution >= 0.6 is 0 Å². The largest absolute Gasteiger partial charge is 0.374 e. The van der Waals surface area contributed by atoms with Crippen molar-refractivity contribution in [2.24, 2.45) is 0 Å². The predicted molar refractivity (Wildman–Crippen MR) is 114 cm³/mol. The van der Waals surface area contributed by atoms with Gasteiger partial charge in [-0.05, 0) is 61.5 Å². The number of hydrogen-bond donors (Lipinski definition) is 0. The van der Waals surface area contributed by atoms with Crippen molar-refractivity contribution < 1.29 is 4.79 Å². The SMILES string of the molecule is O=C(c1ccc(CN2CCCC2)cc1)N1CCN(/C=C/c2ccccc2)CC1. The summed E-state index contributed by atoms with van der Waals surface area (Å²) >= 11 is 0. The van der Waals surface area contributed by atoms with Gasteiger partial charge < -0.3 is 9.80 Å². The van der Waals surface area contributed by atoms with Crippen molar-refractivity contribution in [3.63, 3.8) is 0 Å². The number of benzene rings is 2. The zero-order valence-corrected chi connectivity index (χ0v) is 16.5. The summed E-state index contributed by atoms with van der Waals surface area (Å²) in [6.45, 7) is 6.69. The van der Waals surface area contributed by atoms with Crippen LogP contribution in [0.3, 0.4) is 0 Å². The molecule has 2 saturated heterocycles. The van der Waals surface area contributed by atoms with E-state index in [-0.39, 0.29) is 5.91 Å². The fourth-order valence-corrected chi connectivity index (χ4v) is 3.96. The molecule has 0 aliphatic carbocycles. The molecular formula is C24H29N3O. The van der Waals surface area contributed by atoms with E-state index in [4.69, 9.17) is 0 Å². The van der Waals surface area contributed by atoms with Gasteiger partial charge in [-0.3, -0.25) is 9.69 Å². The van der Waals surface area contributed by atoms with Crippen molar-refractivity contribution in [3.05, 3.63) is 77.5 Å². The third kappa shape index (κ3) is 4.82. The number of piperazine rings is 1. The zero-order chi connectivity index (χ0) is 19.2. The molecule has 1 amide bonds. The maximum atomic E-state index is 12.8. The third-order valence-electron chi connectivity index (χ3n) is 5.68. The van der Waals surface area contributed by atoms with E-state index in [9.17, 15) is 4.79 Å². The minimum atomic E-state index is 0.152. The van der Waals surface area contributed by atoms with Crippen LogP contribution in [-0.2, 0) is 6.54 Å². The molecule has 2 aromatic rings. The molecule has 0 aromatic heterocycles. The first kappa shape index (κ1) is 18.8. The maximum absolute atomic E-state index is 12.8. The number of carbonyl (C=O) groups is 1.